The Hall–Kier alpha value is -2.20. The first kappa shape index (κ1) is 16.7. The molecule has 2 aromatic rings. The molecule has 24 heavy (non-hydrogen) atoms. The zero-order chi connectivity index (χ0) is 16.9. The van der Waals surface area contributed by atoms with Gasteiger partial charge in [0.1, 0.15) is 6.10 Å². The molecule has 0 N–H and O–H groups in total. The van der Waals surface area contributed by atoms with E-state index in [1.165, 1.54) is 11.1 Å². The lowest BCUT2D eigenvalue weighted by Crippen LogP contribution is -2.34. The second kappa shape index (κ2) is 7.58. The van der Waals surface area contributed by atoms with Gasteiger partial charge in [0.15, 0.2) is 0 Å². The average Bonchev–Trinajstić information content (AvgIpc) is 2.60. The van der Waals surface area contributed by atoms with E-state index in [0.29, 0.717) is 13.0 Å². The molecule has 0 radical (unpaired) electrons. The molecule has 1 atom stereocenters. The fourth-order valence-electron chi connectivity index (χ4n) is 3.17. The molecular weight excluding hydrogens is 300 g/mol. The smallest absolute Gasteiger partial charge is 0.222 e. The van der Waals surface area contributed by atoms with Gasteiger partial charge in [-0.3, -0.25) is 9.78 Å². The molecule has 4 heteroatoms. The van der Waals surface area contributed by atoms with Crippen molar-refractivity contribution in [1.82, 2.24) is 9.88 Å². The lowest BCUT2D eigenvalue weighted by atomic mass is 9.97. The molecule has 1 unspecified atom stereocenters. The molecule has 3 rings (SSSR count). The molecule has 0 saturated carbocycles. The third kappa shape index (κ3) is 4.01. The van der Waals surface area contributed by atoms with Crippen LogP contribution in [-0.2, 0) is 22.4 Å². The predicted octanol–water partition coefficient (Wildman–Crippen LogP) is 3.10. The molecule has 0 aliphatic carbocycles. The minimum absolute atomic E-state index is 0.0236. The predicted molar refractivity (Wildman–Crippen MR) is 93.8 cm³/mol. The van der Waals surface area contributed by atoms with E-state index in [0.717, 1.165) is 30.6 Å². The van der Waals surface area contributed by atoms with Crippen LogP contribution in [-0.4, -0.2) is 36.0 Å². The number of aryl methyl sites for hydroxylation is 2. The molecule has 1 amide bonds. The number of hydrogen-bond acceptors (Lipinski definition) is 3. The Morgan fingerprint density at radius 3 is 3.00 bits per heavy atom. The highest BCUT2D eigenvalue weighted by Crippen LogP contribution is 2.27. The van der Waals surface area contributed by atoms with E-state index < -0.39 is 0 Å². The van der Waals surface area contributed by atoms with Crippen LogP contribution in [0, 0.1) is 6.92 Å². The third-order valence-electron chi connectivity index (χ3n) is 4.52. The summed E-state index contributed by atoms with van der Waals surface area (Å²) < 4.78 is 5.90. The summed E-state index contributed by atoms with van der Waals surface area (Å²) in [7, 11) is 1.86. The van der Waals surface area contributed by atoms with Crippen molar-refractivity contribution >= 4 is 5.91 Å². The zero-order valence-corrected chi connectivity index (χ0v) is 14.4. The van der Waals surface area contributed by atoms with E-state index in [1.807, 2.05) is 32.4 Å². The Morgan fingerprint density at radius 1 is 1.33 bits per heavy atom. The lowest BCUT2D eigenvalue weighted by molar-refractivity contribution is -0.132. The SMILES string of the molecule is Cc1cncc(CCC(=O)N(C)CC2OCCc3ccccc32)c1. The van der Waals surface area contributed by atoms with Gasteiger partial charge in [-0.1, -0.05) is 30.3 Å². The maximum Gasteiger partial charge on any atom is 0.222 e. The van der Waals surface area contributed by atoms with Gasteiger partial charge < -0.3 is 9.64 Å². The van der Waals surface area contributed by atoms with Gasteiger partial charge in [0.05, 0.1) is 13.2 Å². The van der Waals surface area contributed by atoms with Crippen LogP contribution in [0.25, 0.3) is 0 Å². The first-order valence-corrected chi connectivity index (χ1v) is 8.47. The number of nitrogens with zero attached hydrogens (tertiary/aromatic N) is 2. The van der Waals surface area contributed by atoms with Crippen LogP contribution in [0.2, 0.25) is 0 Å². The normalized spacial score (nSPS) is 16.5. The van der Waals surface area contributed by atoms with E-state index >= 15 is 0 Å². The van der Waals surface area contributed by atoms with Gasteiger partial charge in [0.2, 0.25) is 5.91 Å². The van der Waals surface area contributed by atoms with Crippen molar-refractivity contribution in [2.24, 2.45) is 0 Å². The summed E-state index contributed by atoms with van der Waals surface area (Å²) in [5.74, 6) is 0.142. The first-order valence-electron chi connectivity index (χ1n) is 8.47. The molecule has 1 aromatic heterocycles. The molecule has 126 valence electrons. The van der Waals surface area contributed by atoms with E-state index in [2.05, 4.69) is 29.2 Å². The Balaban J connectivity index is 1.57. The van der Waals surface area contributed by atoms with Crippen LogP contribution in [0.15, 0.2) is 42.7 Å². The number of amides is 1. The third-order valence-corrected chi connectivity index (χ3v) is 4.52. The molecule has 0 spiro atoms. The minimum atomic E-state index is -0.0236. The van der Waals surface area contributed by atoms with E-state index in [4.69, 9.17) is 4.74 Å². The fraction of sp³-hybridized carbons (Fsp3) is 0.400. The molecule has 1 aromatic carbocycles. The van der Waals surface area contributed by atoms with Gasteiger partial charge in [0.25, 0.3) is 0 Å². The van der Waals surface area contributed by atoms with Gasteiger partial charge >= 0.3 is 0 Å². The monoisotopic (exact) mass is 324 g/mol. The molecular formula is C20H24N2O2. The second-order valence-electron chi connectivity index (χ2n) is 6.45. The van der Waals surface area contributed by atoms with Crippen molar-refractivity contribution in [3.8, 4) is 0 Å². The Bertz CT molecular complexity index is 714. The molecule has 0 fully saturated rings. The van der Waals surface area contributed by atoms with Crippen LogP contribution in [0.4, 0.5) is 0 Å². The van der Waals surface area contributed by atoms with Gasteiger partial charge in [-0.15, -0.1) is 0 Å². The minimum Gasteiger partial charge on any atom is -0.371 e. The van der Waals surface area contributed by atoms with Crippen molar-refractivity contribution in [1.29, 1.82) is 0 Å². The summed E-state index contributed by atoms with van der Waals surface area (Å²) >= 11 is 0. The molecule has 1 aliphatic rings. The number of carbonyl (C=O) groups excluding carboxylic acids is 1. The topological polar surface area (TPSA) is 42.4 Å². The molecule has 2 heterocycles. The summed E-state index contributed by atoms with van der Waals surface area (Å²) in [6, 6.07) is 10.4. The standard InChI is InChI=1S/C20H24N2O2/c1-15-11-16(13-21-12-15)7-8-20(23)22(2)14-19-18-6-4-3-5-17(18)9-10-24-19/h3-6,11-13,19H,7-10,14H2,1-2H3. The summed E-state index contributed by atoms with van der Waals surface area (Å²) in [6.45, 7) is 3.34. The number of hydrogen-bond donors (Lipinski definition) is 0. The van der Waals surface area contributed by atoms with Crippen LogP contribution >= 0.6 is 0 Å². The zero-order valence-electron chi connectivity index (χ0n) is 14.4. The highest BCUT2D eigenvalue weighted by Gasteiger charge is 2.23. The van der Waals surface area contributed by atoms with Gasteiger partial charge in [0, 0.05) is 25.9 Å². The number of benzene rings is 1. The van der Waals surface area contributed by atoms with Gasteiger partial charge in [-0.05, 0) is 42.0 Å². The molecule has 1 aliphatic heterocycles. The van der Waals surface area contributed by atoms with Crippen molar-refractivity contribution < 1.29 is 9.53 Å². The Labute approximate surface area is 143 Å². The van der Waals surface area contributed by atoms with Crippen molar-refractivity contribution in [3.05, 3.63) is 65.0 Å². The summed E-state index contributed by atoms with van der Waals surface area (Å²) in [4.78, 5) is 18.4. The fourth-order valence-corrected chi connectivity index (χ4v) is 3.17. The van der Waals surface area contributed by atoms with Crippen molar-refractivity contribution in [2.45, 2.75) is 32.3 Å². The van der Waals surface area contributed by atoms with Gasteiger partial charge in [-0.25, -0.2) is 0 Å². The van der Waals surface area contributed by atoms with Gasteiger partial charge in [-0.2, -0.15) is 0 Å². The van der Waals surface area contributed by atoms with Crippen molar-refractivity contribution in [3.63, 3.8) is 0 Å². The largest absolute Gasteiger partial charge is 0.371 e. The van der Waals surface area contributed by atoms with Crippen LogP contribution in [0.1, 0.15) is 34.8 Å². The Kier molecular flexibility index (Phi) is 5.26. The number of fused-ring (bicyclic) bond motifs is 1. The molecule has 0 saturated heterocycles. The highest BCUT2D eigenvalue weighted by molar-refractivity contribution is 5.76. The highest BCUT2D eigenvalue weighted by atomic mass is 16.5. The number of aromatic nitrogens is 1. The summed E-state index contributed by atoms with van der Waals surface area (Å²) in [5.41, 5.74) is 4.78. The summed E-state index contributed by atoms with van der Waals surface area (Å²) in [5, 5.41) is 0. The molecule has 0 bridgehead atoms. The summed E-state index contributed by atoms with van der Waals surface area (Å²) in [6.07, 6.45) is 5.81. The second-order valence-corrected chi connectivity index (χ2v) is 6.45. The number of ether oxygens (including phenoxy) is 1. The van der Waals surface area contributed by atoms with E-state index in [-0.39, 0.29) is 12.0 Å². The maximum atomic E-state index is 12.4. The quantitative estimate of drug-likeness (QED) is 0.849. The maximum absolute atomic E-state index is 12.4. The average molecular weight is 324 g/mol. The van der Waals surface area contributed by atoms with Crippen LogP contribution in [0.5, 0.6) is 0 Å². The number of likely N-dealkylation sites (N-methyl/N-ethyl adjacent to an activating group) is 1. The Morgan fingerprint density at radius 2 is 2.17 bits per heavy atom. The lowest BCUT2D eigenvalue weighted by Gasteiger charge is -2.29. The van der Waals surface area contributed by atoms with Crippen LogP contribution < -0.4 is 0 Å². The first-order chi connectivity index (χ1) is 11.6. The van der Waals surface area contributed by atoms with Crippen LogP contribution in [0.3, 0.4) is 0 Å². The number of carbonyl (C=O) groups is 1. The van der Waals surface area contributed by atoms with E-state index in [9.17, 15) is 4.79 Å². The van der Waals surface area contributed by atoms with Crippen molar-refractivity contribution in [2.75, 3.05) is 20.2 Å². The number of rotatable bonds is 5. The van der Waals surface area contributed by atoms with E-state index in [1.54, 1.807) is 4.90 Å². The molecule has 4 nitrogen and oxygen atoms in total. The number of pyridine rings is 1.